The van der Waals surface area contributed by atoms with E-state index in [9.17, 15) is 0 Å². The predicted molar refractivity (Wildman–Crippen MR) is 74.7 cm³/mol. The lowest BCUT2D eigenvalue weighted by Gasteiger charge is -2.13. The first-order chi connectivity index (χ1) is 8.77. The van der Waals surface area contributed by atoms with E-state index in [1.54, 1.807) is 0 Å². The quantitative estimate of drug-likeness (QED) is 0.871. The van der Waals surface area contributed by atoms with Gasteiger partial charge in [0.2, 0.25) is 0 Å². The smallest absolute Gasteiger partial charge is 0.124 e. The molecule has 0 bridgehead atoms. The van der Waals surface area contributed by atoms with Crippen molar-refractivity contribution < 1.29 is 4.74 Å². The van der Waals surface area contributed by atoms with Crippen LogP contribution in [0.25, 0.3) is 0 Å². The highest BCUT2D eigenvalue weighted by Crippen LogP contribution is 2.23. The largest absolute Gasteiger partial charge is 0.493 e. The lowest BCUT2D eigenvalue weighted by molar-refractivity contribution is 0.317. The topological polar surface area (TPSA) is 35.2 Å². The maximum atomic E-state index is 5.92. The Morgan fingerprint density at radius 1 is 1.00 bits per heavy atom. The van der Waals surface area contributed by atoms with E-state index in [0.29, 0.717) is 6.61 Å². The standard InChI is InChI=1S/C16H19NO/c1-13(17)15-9-5-6-10-16(15)18-12-11-14-7-3-2-4-8-14/h2-10,13H,11-12,17H2,1H3/t13-/m1/s1. The number of hydrogen-bond acceptors (Lipinski definition) is 2. The molecule has 2 aromatic carbocycles. The van der Waals surface area contributed by atoms with Gasteiger partial charge in [-0.05, 0) is 18.6 Å². The van der Waals surface area contributed by atoms with Crippen molar-refractivity contribution in [2.75, 3.05) is 6.61 Å². The van der Waals surface area contributed by atoms with Gasteiger partial charge in [0.15, 0.2) is 0 Å². The summed E-state index contributed by atoms with van der Waals surface area (Å²) in [7, 11) is 0. The fraction of sp³-hybridized carbons (Fsp3) is 0.250. The van der Waals surface area contributed by atoms with Crippen LogP contribution in [0, 0.1) is 0 Å². The molecule has 2 aromatic rings. The highest BCUT2D eigenvalue weighted by atomic mass is 16.5. The predicted octanol–water partition coefficient (Wildman–Crippen LogP) is 3.33. The second-order valence-corrected chi connectivity index (χ2v) is 4.41. The summed E-state index contributed by atoms with van der Waals surface area (Å²) in [5.41, 5.74) is 8.27. The average molecular weight is 241 g/mol. The molecule has 0 spiro atoms. The Balaban J connectivity index is 1.94. The number of ether oxygens (including phenoxy) is 1. The summed E-state index contributed by atoms with van der Waals surface area (Å²) in [6.07, 6.45) is 0.911. The van der Waals surface area contributed by atoms with Crippen molar-refractivity contribution in [1.29, 1.82) is 0 Å². The molecule has 0 saturated carbocycles. The van der Waals surface area contributed by atoms with Gasteiger partial charge in [-0.3, -0.25) is 0 Å². The van der Waals surface area contributed by atoms with Gasteiger partial charge in [0, 0.05) is 18.0 Å². The molecule has 2 rings (SSSR count). The normalized spacial score (nSPS) is 12.1. The minimum Gasteiger partial charge on any atom is -0.493 e. The molecule has 0 saturated heterocycles. The highest BCUT2D eigenvalue weighted by molar-refractivity contribution is 5.35. The number of nitrogens with two attached hydrogens (primary N) is 1. The van der Waals surface area contributed by atoms with E-state index in [0.717, 1.165) is 17.7 Å². The van der Waals surface area contributed by atoms with Gasteiger partial charge in [-0.15, -0.1) is 0 Å². The fourth-order valence-corrected chi connectivity index (χ4v) is 1.91. The molecule has 2 N–H and O–H groups in total. The van der Waals surface area contributed by atoms with Gasteiger partial charge in [0.25, 0.3) is 0 Å². The maximum Gasteiger partial charge on any atom is 0.124 e. The van der Waals surface area contributed by atoms with Crippen LogP contribution in [0.5, 0.6) is 5.75 Å². The number of benzene rings is 2. The van der Waals surface area contributed by atoms with Crippen molar-refractivity contribution in [3.05, 3.63) is 65.7 Å². The zero-order valence-corrected chi connectivity index (χ0v) is 10.7. The molecule has 2 heteroatoms. The van der Waals surface area contributed by atoms with E-state index in [1.807, 2.05) is 49.4 Å². The lowest BCUT2D eigenvalue weighted by atomic mass is 10.1. The van der Waals surface area contributed by atoms with Crippen LogP contribution in [-0.4, -0.2) is 6.61 Å². The van der Waals surface area contributed by atoms with Crippen LogP contribution in [0.15, 0.2) is 54.6 Å². The molecule has 0 aliphatic heterocycles. The summed E-state index contributed by atoms with van der Waals surface area (Å²) < 4.78 is 5.82. The minimum absolute atomic E-state index is 0.00192. The molecule has 2 nitrogen and oxygen atoms in total. The molecule has 0 unspecified atom stereocenters. The van der Waals surface area contributed by atoms with E-state index in [2.05, 4.69) is 12.1 Å². The summed E-state index contributed by atoms with van der Waals surface area (Å²) in [5, 5.41) is 0. The second-order valence-electron chi connectivity index (χ2n) is 4.41. The summed E-state index contributed by atoms with van der Waals surface area (Å²) in [6, 6.07) is 18.3. The number of hydrogen-bond donors (Lipinski definition) is 1. The molecule has 0 heterocycles. The number of rotatable bonds is 5. The first-order valence-electron chi connectivity index (χ1n) is 6.28. The first-order valence-corrected chi connectivity index (χ1v) is 6.28. The van der Waals surface area contributed by atoms with E-state index in [-0.39, 0.29) is 6.04 Å². The molecule has 94 valence electrons. The molecular weight excluding hydrogens is 222 g/mol. The highest BCUT2D eigenvalue weighted by Gasteiger charge is 2.06. The zero-order valence-electron chi connectivity index (χ0n) is 10.7. The number of para-hydroxylation sites is 1. The van der Waals surface area contributed by atoms with Crippen LogP contribution in [0.1, 0.15) is 24.1 Å². The van der Waals surface area contributed by atoms with Crippen LogP contribution < -0.4 is 10.5 Å². The van der Waals surface area contributed by atoms with Crippen molar-refractivity contribution in [1.82, 2.24) is 0 Å². The maximum absolute atomic E-state index is 5.92. The summed E-state index contributed by atoms with van der Waals surface area (Å²) in [4.78, 5) is 0. The third kappa shape index (κ3) is 3.34. The molecule has 0 aliphatic rings. The fourth-order valence-electron chi connectivity index (χ4n) is 1.91. The summed E-state index contributed by atoms with van der Waals surface area (Å²) in [5.74, 6) is 0.892. The van der Waals surface area contributed by atoms with Crippen LogP contribution in [0.2, 0.25) is 0 Å². The van der Waals surface area contributed by atoms with Crippen LogP contribution >= 0.6 is 0 Å². The van der Waals surface area contributed by atoms with Gasteiger partial charge in [0.05, 0.1) is 6.61 Å². The Morgan fingerprint density at radius 3 is 2.39 bits per heavy atom. The van der Waals surface area contributed by atoms with Gasteiger partial charge < -0.3 is 10.5 Å². The van der Waals surface area contributed by atoms with Crippen LogP contribution in [0.3, 0.4) is 0 Å². The third-order valence-electron chi connectivity index (χ3n) is 2.90. The first kappa shape index (κ1) is 12.7. The summed E-state index contributed by atoms with van der Waals surface area (Å²) in [6.45, 7) is 2.65. The van der Waals surface area contributed by atoms with Crippen LogP contribution in [0.4, 0.5) is 0 Å². The van der Waals surface area contributed by atoms with E-state index >= 15 is 0 Å². The van der Waals surface area contributed by atoms with Gasteiger partial charge in [-0.25, -0.2) is 0 Å². The van der Waals surface area contributed by atoms with Crippen LogP contribution in [-0.2, 0) is 6.42 Å². The molecule has 0 fully saturated rings. The van der Waals surface area contributed by atoms with Gasteiger partial charge >= 0.3 is 0 Å². The van der Waals surface area contributed by atoms with E-state index < -0.39 is 0 Å². The summed E-state index contributed by atoms with van der Waals surface area (Å²) >= 11 is 0. The zero-order chi connectivity index (χ0) is 12.8. The molecule has 0 aliphatic carbocycles. The Labute approximate surface area is 108 Å². The van der Waals surface area contributed by atoms with Gasteiger partial charge in [-0.2, -0.15) is 0 Å². The van der Waals surface area contributed by atoms with E-state index in [4.69, 9.17) is 10.5 Å². The van der Waals surface area contributed by atoms with Gasteiger partial charge in [-0.1, -0.05) is 48.5 Å². The van der Waals surface area contributed by atoms with Crippen molar-refractivity contribution in [3.8, 4) is 5.75 Å². The Bertz CT molecular complexity index is 479. The third-order valence-corrected chi connectivity index (χ3v) is 2.90. The molecule has 1 atom stereocenters. The molecule has 0 radical (unpaired) electrons. The molecule has 0 amide bonds. The van der Waals surface area contributed by atoms with Gasteiger partial charge in [0.1, 0.15) is 5.75 Å². The molecule has 0 aromatic heterocycles. The minimum atomic E-state index is -0.00192. The van der Waals surface area contributed by atoms with Crippen molar-refractivity contribution in [2.45, 2.75) is 19.4 Å². The van der Waals surface area contributed by atoms with Crippen molar-refractivity contribution >= 4 is 0 Å². The average Bonchev–Trinajstić information content (AvgIpc) is 2.40. The van der Waals surface area contributed by atoms with Crippen molar-refractivity contribution in [3.63, 3.8) is 0 Å². The Morgan fingerprint density at radius 2 is 1.67 bits per heavy atom. The second kappa shape index (κ2) is 6.22. The molecular formula is C16H19NO. The molecule has 18 heavy (non-hydrogen) atoms. The monoisotopic (exact) mass is 241 g/mol. The Hall–Kier alpha value is -1.80. The SMILES string of the molecule is C[C@@H](N)c1ccccc1OCCc1ccccc1. The lowest BCUT2D eigenvalue weighted by Crippen LogP contribution is -2.09. The Kier molecular flexibility index (Phi) is 4.37. The van der Waals surface area contributed by atoms with E-state index in [1.165, 1.54) is 5.56 Å². The van der Waals surface area contributed by atoms with Crippen molar-refractivity contribution in [2.24, 2.45) is 5.73 Å².